The van der Waals surface area contributed by atoms with E-state index in [9.17, 15) is 9.59 Å². The molecule has 1 amide bonds. The maximum atomic E-state index is 12.6. The molecule has 9 heteroatoms. The molecule has 0 bridgehead atoms. The van der Waals surface area contributed by atoms with Gasteiger partial charge in [-0.05, 0) is 63.2 Å². The van der Waals surface area contributed by atoms with Crippen LogP contribution in [0, 0.1) is 0 Å². The van der Waals surface area contributed by atoms with E-state index in [1.165, 1.54) is 19.2 Å². The average Bonchev–Trinajstić information content (AvgIpc) is 2.91. The lowest BCUT2D eigenvalue weighted by molar-refractivity contribution is -0.00545. The van der Waals surface area contributed by atoms with Crippen molar-refractivity contribution in [1.29, 1.82) is 0 Å². The number of hydrogen-bond acceptors (Lipinski definition) is 8. The number of nitrogens with zero attached hydrogens (tertiary/aromatic N) is 5. The number of anilines is 1. The number of fused-ring (bicyclic) bond motifs is 1. The summed E-state index contributed by atoms with van der Waals surface area (Å²) in [5, 5.41) is 3.70. The minimum atomic E-state index is -0.375. The van der Waals surface area contributed by atoms with Crippen LogP contribution in [0.25, 0.3) is 22.3 Å². The lowest BCUT2D eigenvalue weighted by Gasteiger charge is -2.36. The summed E-state index contributed by atoms with van der Waals surface area (Å²) < 4.78 is 5.86. The molecule has 9 nitrogen and oxygen atoms in total. The summed E-state index contributed by atoms with van der Waals surface area (Å²) in [6.45, 7) is 7.39. The van der Waals surface area contributed by atoms with Gasteiger partial charge in [0.1, 0.15) is 11.5 Å². The van der Waals surface area contributed by atoms with Gasteiger partial charge in [-0.2, -0.15) is 0 Å². The third-order valence-corrected chi connectivity index (χ3v) is 6.20. The molecule has 188 valence electrons. The maximum absolute atomic E-state index is 12.6. The Morgan fingerprint density at radius 1 is 1.00 bits per heavy atom. The fraction of sp³-hybridized carbons (Fsp3) is 0.286. The van der Waals surface area contributed by atoms with E-state index in [4.69, 9.17) is 14.7 Å². The highest BCUT2D eigenvalue weighted by Crippen LogP contribution is 2.24. The molecule has 4 aromatic rings. The smallest absolute Gasteiger partial charge is 0.270 e. The van der Waals surface area contributed by atoms with Crippen LogP contribution in [0.4, 0.5) is 5.82 Å². The molecule has 1 saturated heterocycles. The molecular weight excluding hydrogens is 468 g/mol. The zero-order valence-electron chi connectivity index (χ0n) is 21.0. The number of hydrogen-bond donors (Lipinski definition) is 1. The summed E-state index contributed by atoms with van der Waals surface area (Å²) in [5.41, 5.74) is 3.59. The van der Waals surface area contributed by atoms with Gasteiger partial charge in [0.25, 0.3) is 5.91 Å². The van der Waals surface area contributed by atoms with Gasteiger partial charge in [0.2, 0.25) is 0 Å². The van der Waals surface area contributed by atoms with Crippen molar-refractivity contribution in [3.8, 4) is 11.4 Å². The minimum absolute atomic E-state index is 0.122. The highest BCUT2D eigenvalue weighted by atomic mass is 16.5. The zero-order valence-corrected chi connectivity index (χ0v) is 21.0. The lowest BCUT2D eigenvalue weighted by atomic mass is 10.1. The fourth-order valence-corrected chi connectivity index (χ4v) is 4.44. The van der Waals surface area contributed by atoms with Crippen LogP contribution in [-0.4, -0.2) is 56.9 Å². The van der Waals surface area contributed by atoms with Gasteiger partial charge in [-0.3, -0.25) is 19.6 Å². The first-order valence-corrected chi connectivity index (χ1v) is 12.2. The van der Waals surface area contributed by atoms with E-state index in [0.29, 0.717) is 11.3 Å². The first-order chi connectivity index (χ1) is 17.9. The van der Waals surface area contributed by atoms with Gasteiger partial charge in [0.15, 0.2) is 5.78 Å². The molecule has 0 saturated carbocycles. The molecule has 1 aliphatic heterocycles. The van der Waals surface area contributed by atoms with Gasteiger partial charge in [0.05, 0.1) is 41.4 Å². The standard InChI is InChI=1S/C28H28N6O3/c1-17-15-34(16-18(2)37-17)27-6-4-5-23(33-27)24-8-7-21-13-30-22(12-25(21)32-24)14-31-28(36)26-11-20(19(3)35)9-10-29-26/h4-13,17-18H,14-16H2,1-3H3,(H,31,36)/t17-,18+. The predicted molar refractivity (Wildman–Crippen MR) is 140 cm³/mol. The number of aromatic nitrogens is 4. The average molecular weight is 497 g/mol. The number of pyridine rings is 4. The number of amides is 1. The molecule has 0 aliphatic carbocycles. The first kappa shape index (κ1) is 24.5. The zero-order chi connectivity index (χ0) is 25.9. The van der Waals surface area contributed by atoms with Crippen molar-refractivity contribution in [2.24, 2.45) is 0 Å². The second-order valence-electron chi connectivity index (χ2n) is 9.28. The van der Waals surface area contributed by atoms with Crippen molar-refractivity contribution in [1.82, 2.24) is 25.3 Å². The molecule has 5 rings (SSSR count). The van der Waals surface area contributed by atoms with Crippen LogP contribution in [-0.2, 0) is 11.3 Å². The minimum Gasteiger partial charge on any atom is -0.372 e. The molecule has 4 aromatic heterocycles. The molecule has 0 spiro atoms. The summed E-state index contributed by atoms with van der Waals surface area (Å²) in [5.74, 6) is 0.407. The SMILES string of the molecule is CC(=O)c1ccnc(C(=O)NCc2cc3nc(-c4cccc(N5C[C@@H](C)O[C@@H](C)C5)n4)ccc3cn2)c1. The van der Waals surface area contributed by atoms with Crippen molar-refractivity contribution in [2.45, 2.75) is 39.5 Å². The molecule has 1 fully saturated rings. The molecule has 37 heavy (non-hydrogen) atoms. The normalized spacial score (nSPS) is 17.5. The molecule has 1 aliphatic rings. The molecule has 0 unspecified atom stereocenters. The van der Waals surface area contributed by atoms with Crippen molar-refractivity contribution >= 4 is 28.4 Å². The second-order valence-corrected chi connectivity index (χ2v) is 9.28. The van der Waals surface area contributed by atoms with Crippen molar-refractivity contribution in [2.75, 3.05) is 18.0 Å². The Morgan fingerprint density at radius 2 is 1.78 bits per heavy atom. The summed E-state index contributed by atoms with van der Waals surface area (Å²) in [4.78, 5) is 44.6. The van der Waals surface area contributed by atoms with Gasteiger partial charge < -0.3 is 15.0 Å². The quantitative estimate of drug-likeness (QED) is 0.401. The molecule has 1 N–H and O–H groups in total. The Hall–Kier alpha value is -4.24. The second kappa shape index (κ2) is 10.4. The Kier molecular flexibility index (Phi) is 6.87. The van der Waals surface area contributed by atoms with Crippen LogP contribution in [0.1, 0.15) is 47.3 Å². The summed E-state index contributed by atoms with van der Waals surface area (Å²) in [6.07, 6.45) is 3.48. The van der Waals surface area contributed by atoms with Gasteiger partial charge >= 0.3 is 0 Å². The van der Waals surface area contributed by atoms with E-state index >= 15 is 0 Å². The number of ketones is 1. The fourth-order valence-electron chi connectivity index (χ4n) is 4.44. The van der Waals surface area contributed by atoms with Crippen LogP contribution < -0.4 is 10.2 Å². The third-order valence-electron chi connectivity index (χ3n) is 6.20. The van der Waals surface area contributed by atoms with Crippen LogP contribution >= 0.6 is 0 Å². The van der Waals surface area contributed by atoms with Crippen molar-refractivity contribution in [3.63, 3.8) is 0 Å². The van der Waals surface area contributed by atoms with E-state index in [-0.39, 0.29) is 36.1 Å². The summed E-state index contributed by atoms with van der Waals surface area (Å²) >= 11 is 0. The third kappa shape index (κ3) is 5.62. The molecule has 0 aromatic carbocycles. The topological polar surface area (TPSA) is 110 Å². The monoisotopic (exact) mass is 496 g/mol. The van der Waals surface area contributed by atoms with Gasteiger partial charge in [-0.15, -0.1) is 0 Å². The molecule has 2 atom stereocenters. The number of carbonyl (C=O) groups excluding carboxylic acids is 2. The molecular formula is C28H28N6O3. The predicted octanol–water partition coefficient (Wildman–Crippen LogP) is 3.83. The summed E-state index contributed by atoms with van der Waals surface area (Å²) in [6, 6.07) is 14.8. The van der Waals surface area contributed by atoms with Crippen LogP contribution in [0.5, 0.6) is 0 Å². The number of ether oxygens (including phenoxy) is 1. The van der Waals surface area contributed by atoms with Gasteiger partial charge in [-0.1, -0.05) is 6.07 Å². The van der Waals surface area contributed by atoms with Crippen LogP contribution in [0.2, 0.25) is 0 Å². The van der Waals surface area contributed by atoms with E-state index < -0.39 is 0 Å². The number of morpholine rings is 1. The Balaban J connectivity index is 1.34. The van der Waals surface area contributed by atoms with E-state index in [0.717, 1.165) is 41.2 Å². The number of Topliss-reactive ketones (excluding diaryl/α,β-unsaturated/α-hetero) is 1. The van der Waals surface area contributed by atoms with E-state index in [1.54, 1.807) is 12.3 Å². The van der Waals surface area contributed by atoms with E-state index in [2.05, 4.69) is 34.0 Å². The number of carbonyl (C=O) groups is 2. The van der Waals surface area contributed by atoms with Crippen LogP contribution in [0.15, 0.2) is 60.9 Å². The summed E-state index contributed by atoms with van der Waals surface area (Å²) in [7, 11) is 0. The number of nitrogens with one attached hydrogen (secondary N) is 1. The number of rotatable bonds is 6. The van der Waals surface area contributed by atoms with Crippen molar-refractivity contribution < 1.29 is 14.3 Å². The van der Waals surface area contributed by atoms with Crippen LogP contribution in [0.3, 0.4) is 0 Å². The van der Waals surface area contributed by atoms with Gasteiger partial charge in [0, 0.05) is 36.4 Å². The lowest BCUT2D eigenvalue weighted by Crippen LogP contribution is -2.45. The Morgan fingerprint density at radius 3 is 2.57 bits per heavy atom. The Labute approximate surface area is 214 Å². The molecule has 0 radical (unpaired) electrons. The molecule has 5 heterocycles. The van der Waals surface area contributed by atoms with E-state index in [1.807, 2.05) is 36.4 Å². The maximum Gasteiger partial charge on any atom is 0.270 e. The Bertz CT molecular complexity index is 1460. The highest BCUT2D eigenvalue weighted by molar-refractivity contribution is 5.98. The van der Waals surface area contributed by atoms with Gasteiger partial charge in [-0.25, -0.2) is 9.97 Å². The van der Waals surface area contributed by atoms with Crippen molar-refractivity contribution in [3.05, 3.63) is 77.9 Å². The highest BCUT2D eigenvalue weighted by Gasteiger charge is 2.23. The first-order valence-electron chi connectivity index (χ1n) is 12.2. The largest absolute Gasteiger partial charge is 0.372 e.